The van der Waals surface area contributed by atoms with Gasteiger partial charge in [0, 0.05) is 6.54 Å². The van der Waals surface area contributed by atoms with Crippen molar-refractivity contribution in [2.45, 2.75) is 84.7 Å². The van der Waals surface area contributed by atoms with Crippen LogP contribution in [0.4, 0.5) is 0 Å². The summed E-state index contributed by atoms with van der Waals surface area (Å²) < 4.78 is 5.51. The van der Waals surface area contributed by atoms with Crippen molar-refractivity contribution in [1.82, 2.24) is 4.90 Å². The van der Waals surface area contributed by atoms with E-state index in [9.17, 15) is 10.2 Å². The van der Waals surface area contributed by atoms with Gasteiger partial charge in [-0.1, -0.05) is 20.8 Å². The molecule has 5 heteroatoms. The van der Waals surface area contributed by atoms with E-state index >= 15 is 0 Å². The van der Waals surface area contributed by atoms with Crippen molar-refractivity contribution in [2.24, 2.45) is 5.92 Å². The van der Waals surface area contributed by atoms with Crippen molar-refractivity contribution in [2.75, 3.05) is 26.2 Å². The average molecular weight is 334 g/mol. The van der Waals surface area contributed by atoms with Crippen LogP contribution in [-0.2, 0) is 4.74 Å². The zero-order valence-electron chi connectivity index (χ0n) is 15.7. The van der Waals surface area contributed by atoms with Crippen LogP contribution in [0.15, 0.2) is 0 Å². The predicted molar refractivity (Wildman–Crippen MR) is 94.5 cm³/mol. The molecule has 23 heavy (non-hydrogen) atoms. The molecule has 0 amide bonds. The number of ether oxygens (including phenoxy) is 1. The second-order valence-electron chi connectivity index (χ2n) is 7.16. The van der Waals surface area contributed by atoms with Crippen LogP contribution in [0.1, 0.15) is 60.3 Å². The highest BCUT2D eigenvalue weighted by atomic mass is 16.5. The molecule has 0 radical (unpaired) electrons. The van der Waals surface area contributed by atoms with Gasteiger partial charge in [0.15, 0.2) is 0 Å². The van der Waals surface area contributed by atoms with Crippen LogP contribution in [0, 0.1) is 5.92 Å². The third-order valence-electron chi connectivity index (χ3n) is 3.96. The molecule has 0 aromatic rings. The lowest BCUT2D eigenvalue weighted by Gasteiger charge is -2.30. The summed E-state index contributed by atoms with van der Waals surface area (Å²) in [6.07, 6.45) is 2.47. The molecule has 2 atom stereocenters. The van der Waals surface area contributed by atoms with Crippen LogP contribution in [0.2, 0.25) is 0 Å². The van der Waals surface area contributed by atoms with Crippen LogP contribution in [0.5, 0.6) is 0 Å². The molecule has 5 nitrogen and oxygen atoms in total. The third-order valence-corrected chi connectivity index (χ3v) is 3.96. The monoisotopic (exact) mass is 333 g/mol. The number of nitrogens with zero attached hydrogens (tertiary/aromatic N) is 1. The molecule has 1 rings (SSSR count). The van der Waals surface area contributed by atoms with Gasteiger partial charge < -0.3 is 25.0 Å². The summed E-state index contributed by atoms with van der Waals surface area (Å²) in [5.74, 6) is 0.766. The van der Waals surface area contributed by atoms with E-state index in [1.165, 1.54) is 6.42 Å². The zero-order valence-corrected chi connectivity index (χ0v) is 15.7. The molecule has 3 N–H and O–H groups in total. The van der Waals surface area contributed by atoms with E-state index < -0.39 is 12.2 Å². The molecule has 2 unspecified atom stereocenters. The Hall–Kier alpha value is -0.200. The van der Waals surface area contributed by atoms with Crippen molar-refractivity contribution in [3.05, 3.63) is 0 Å². The first-order chi connectivity index (χ1) is 10.8. The fraction of sp³-hybridized carbons (Fsp3) is 1.00. The number of aliphatic hydroxyl groups excluding tert-OH is 3. The number of hydrogen-bond donors (Lipinski definition) is 3. The summed E-state index contributed by atoms with van der Waals surface area (Å²) in [5, 5.41) is 27.3. The summed E-state index contributed by atoms with van der Waals surface area (Å²) in [4.78, 5) is 2.28. The predicted octanol–water partition coefficient (Wildman–Crippen LogP) is 2.03. The standard InChI is InChI=1S/C9H21NO.C9H18O3/c1-4-10(7-8-11)6-5-9(2)3;1-6(2)12-9-4-7(10)3-8(11)5-9/h9,11H,4-8H2,1-3H3;6-11H,3-5H2,1-2H3. The highest BCUT2D eigenvalue weighted by Crippen LogP contribution is 2.22. The van der Waals surface area contributed by atoms with Gasteiger partial charge in [0.25, 0.3) is 0 Å². The Bertz CT molecular complexity index is 261. The molecule has 0 aliphatic heterocycles. The van der Waals surface area contributed by atoms with E-state index in [1.807, 2.05) is 13.8 Å². The minimum Gasteiger partial charge on any atom is -0.395 e. The molecule has 0 saturated heterocycles. The van der Waals surface area contributed by atoms with Crippen molar-refractivity contribution < 1.29 is 20.1 Å². The Morgan fingerprint density at radius 2 is 1.57 bits per heavy atom. The second-order valence-corrected chi connectivity index (χ2v) is 7.16. The van der Waals surface area contributed by atoms with Gasteiger partial charge in [0.2, 0.25) is 0 Å². The van der Waals surface area contributed by atoms with Gasteiger partial charge in [0.1, 0.15) is 0 Å². The quantitative estimate of drug-likeness (QED) is 0.634. The summed E-state index contributed by atoms with van der Waals surface area (Å²) >= 11 is 0. The van der Waals surface area contributed by atoms with Crippen molar-refractivity contribution in [3.63, 3.8) is 0 Å². The Kier molecular flexibility index (Phi) is 13.0. The second kappa shape index (κ2) is 13.1. The summed E-state index contributed by atoms with van der Waals surface area (Å²) in [5.41, 5.74) is 0. The summed E-state index contributed by atoms with van der Waals surface area (Å²) in [6.45, 7) is 13.8. The largest absolute Gasteiger partial charge is 0.395 e. The Morgan fingerprint density at radius 3 is 1.96 bits per heavy atom. The number of likely N-dealkylation sites (N-methyl/N-ethyl adjacent to an activating group) is 1. The van der Waals surface area contributed by atoms with E-state index in [4.69, 9.17) is 9.84 Å². The fourth-order valence-corrected chi connectivity index (χ4v) is 2.72. The van der Waals surface area contributed by atoms with Gasteiger partial charge in [0.05, 0.1) is 31.0 Å². The first-order valence-electron chi connectivity index (χ1n) is 9.13. The molecule has 1 aliphatic rings. The van der Waals surface area contributed by atoms with Crippen molar-refractivity contribution >= 4 is 0 Å². The summed E-state index contributed by atoms with van der Waals surface area (Å²) in [7, 11) is 0. The first kappa shape index (κ1) is 22.8. The lowest BCUT2D eigenvalue weighted by atomic mass is 9.92. The molecule has 0 aromatic heterocycles. The molecule has 0 aromatic carbocycles. The van der Waals surface area contributed by atoms with Crippen LogP contribution < -0.4 is 0 Å². The molecule has 1 saturated carbocycles. The first-order valence-corrected chi connectivity index (χ1v) is 9.13. The smallest absolute Gasteiger partial charge is 0.0627 e. The minimum absolute atomic E-state index is 0.0312. The van der Waals surface area contributed by atoms with E-state index in [2.05, 4.69) is 25.7 Å². The maximum atomic E-state index is 9.32. The molecule has 1 fully saturated rings. The fourth-order valence-electron chi connectivity index (χ4n) is 2.72. The van der Waals surface area contributed by atoms with Crippen LogP contribution in [0.3, 0.4) is 0 Å². The molecular weight excluding hydrogens is 294 g/mol. The van der Waals surface area contributed by atoms with Gasteiger partial charge in [-0.15, -0.1) is 0 Å². The van der Waals surface area contributed by atoms with E-state index in [1.54, 1.807) is 0 Å². The lowest BCUT2D eigenvalue weighted by Crippen LogP contribution is -2.35. The van der Waals surface area contributed by atoms with Gasteiger partial charge in [-0.25, -0.2) is 0 Å². The Labute approximate surface area is 142 Å². The molecule has 0 spiro atoms. The summed E-state index contributed by atoms with van der Waals surface area (Å²) in [6, 6.07) is 0. The highest BCUT2D eigenvalue weighted by molar-refractivity contribution is 4.78. The van der Waals surface area contributed by atoms with E-state index in [-0.39, 0.29) is 18.8 Å². The average Bonchev–Trinajstić information content (AvgIpc) is 2.42. The van der Waals surface area contributed by atoms with Crippen LogP contribution in [-0.4, -0.2) is 70.9 Å². The van der Waals surface area contributed by atoms with Crippen molar-refractivity contribution in [3.8, 4) is 0 Å². The van der Waals surface area contributed by atoms with Gasteiger partial charge in [-0.05, 0) is 58.5 Å². The van der Waals surface area contributed by atoms with Gasteiger partial charge >= 0.3 is 0 Å². The SMILES string of the molecule is CC(C)OC1CC(O)CC(O)C1.CCN(CCO)CCC(C)C. The highest BCUT2D eigenvalue weighted by Gasteiger charge is 2.27. The number of aliphatic hydroxyl groups is 3. The Morgan fingerprint density at radius 1 is 1.00 bits per heavy atom. The van der Waals surface area contributed by atoms with Crippen LogP contribution in [0.25, 0.3) is 0 Å². The molecule has 140 valence electrons. The zero-order chi connectivity index (χ0) is 17.8. The number of hydrogen-bond acceptors (Lipinski definition) is 5. The van der Waals surface area contributed by atoms with Crippen LogP contribution >= 0.6 is 0 Å². The maximum Gasteiger partial charge on any atom is 0.0627 e. The van der Waals surface area contributed by atoms with E-state index in [0.717, 1.165) is 25.6 Å². The lowest BCUT2D eigenvalue weighted by molar-refractivity contribution is -0.0781. The normalized spacial score (nSPS) is 24.9. The Balaban J connectivity index is 0.000000423. The molecule has 0 bridgehead atoms. The third kappa shape index (κ3) is 12.8. The minimum atomic E-state index is -0.391. The molecule has 0 heterocycles. The maximum absolute atomic E-state index is 9.32. The topological polar surface area (TPSA) is 73.2 Å². The molecular formula is C18H39NO4. The van der Waals surface area contributed by atoms with Gasteiger partial charge in [-0.2, -0.15) is 0 Å². The number of rotatable bonds is 8. The van der Waals surface area contributed by atoms with E-state index in [0.29, 0.717) is 19.3 Å². The van der Waals surface area contributed by atoms with Gasteiger partial charge in [-0.3, -0.25) is 0 Å². The van der Waals surface area contributed by atoms with Crippen molar-refractivity contribution in [1.29, 1.82) is 0 Å². The molecule has 1 aliphatic carbocycles.